The zero-order chi connectivity index (χ0) is 21.3. The Morgan fingerprint density at radius 1 is 0.933 bits per heavy atom. The Bertz CT molecular complexity index is 1170. The maximum absolute atomic E-state index is 4.62. The van der Waals surface area contributed by atoms with Crippen molar-refractivity contribution >= 4 is 38.7 Å². The van der Waals surface area contributed by atoms with Gasteiger partial charge in [-0.1, -0.05) is 29.8 Å². The van der Waals surface area contributed by atoms with Gasteiger partial charge in [-0.05, 0) is 63.9 Å². The van der Waals surface area contributed by atoms with Gasteiger partial charge in [0.05, 0.1) is 5.39 Å². The second-order valence-corrected chi connectivity index (χ2v) is 8.80. The summed E-state index contributed by atoms with van der Waals surface area (Å²) >= 11 is 1.72. The molecule has 0 radical (unpaired) electrons. The zero-order valence-corrected chi connectivity index (χ0v) is 19.1. The van der Waals surface area contributed by atoms with Crippen LogP contribution in [0.1, 0.15) is 29.9 Å². The number of fused-ring (bicyclic) bond motifs is 1. The zero-order valence-electron chi connectivity index (χ0n) is 18.3. The highest BCUT2D eigenvalue weighted by Gasteiger charge is 2.17. The third-order valence-corrected chi connectivity index (χ3v) is 6.61. The molecule has 30 heavy (non-hydrogen) atoms. The van der Waals surface area contributed by atoms with Crippen LogP contribution in [0, 0.1) is 20.8 Å². The smallest absolute Gasteiger partial charge is 0.143 e. The Kier molecular flexibility index (Phi) is 5.73. The lowest BCUT2D eigenvalue weighted by atomic mass is 10.0. The van der Waals surface area contributed by atoms with Crippen LogP contribution in [0.3, 0.4) is 0 Å². The van der Waals surface area contributed by atoms with Crippen molar-refractivity contribution in [3.63, 3.8) is 0 Å². The predicted octanol–water partition coefficient (Wildman–Crippen LogP) is 6.87. The lowest BCUT2D eigenvalue weighted by molar-refractivity contribution is 0.866. The molecule has 2 aromatic heterocycles. The highest BCUT2D eigenvalue weighted by molar-refractivity contribution is 7.19. The molecule has 1 N–H and O–H groups in total. The van der Waals surface area contributed by atoms with Crippen molar-refractivity contribution in [2.45, 2.75) is 34.6 Å². The Morgan fingerprint density at radius 2 is 1.67 bits per heavy atom. The molecule has 0 amide bonds. The van der Waals surface area contributed by atoms with Crippen LogP contribution in [0.25, 0.3) is 21.3 Å². The molecule has 0 saturated carbocycles. The van der Waals surface area contributed by atoms with Crippen molar-refractivity contribution in [1.29, 1.82) is 0 Å². The third-order valence-electron chi connectivity index (χ3n) is 5.60. The fraction of sp³-hybridized carbons (Fsp3) is 0.280. The van der Waals surface area contributed by atoms with Gasteiger partial charge in [0.25, 0.3) is 0 Å². The summed E-state index contributed by atoms with van der Waals surface area (Å²) in [5.41, 5.74) is 7.21. The Hall–Kier alpha value is -2.92. The van der Waals surface area contributed by atoms with E-state index in [-0.39, 0.29) is 0 Å². The maximum Gasteiger partial charge on any atom is 0.143 e. The number of anilines is 3. The lowest BCUT2D eigenvalue weighted by Crippen LogP contribution is -2.21. The summed E-state index contributed by atoms with van der Waals surface area (Å²) in [4.78, 5) is 13.8. The van der Waals surface area contributed by atoms with Crippen molar-refractivity contribution in [3.05, 3.63) is 64.8 Å². The van der Waals surface area contributed by atoms with Gasteiger partial charge in [-0.15, -0.1) is 11.3 Å². The van der Waals surface area contributed by atoms with Crippen LogP contribution in [0.4, 0.5) is 17.2 Å². The minimum atomic E-state index is 0.860. The first kappa shape index (κ1) is 20.4. The van der Waals surface area contributed by atoms with E-state index in [1.807, 2.05) is 0 Å². The third kappa shape index (κ3) is 3.77. The van der Waals surface area contributed by atoms with Gasteiger partial charge in [0.1, 0.15) is 17.0 Å². The minimum absolute atomic E-state index is 0.860. The number of aromatic nitrogens is 2. The highest BCUT2D eigenvalue weighted by Crippen LogP contribution is 2.41. The molecule has 2 heterocycles. The Labute approximate surface area is 182 Å². The molecule has 4 aromatic rings. The van der Waals surface area contributed by atoms with Crippen molar-refractivity contribution in [2.24, 2.45) is 0 Å². The summed E-state index contributed by atoms with van der Waals surface area (Å²) in [5.74, 6) is 0.860. The minimum Gasteiger partial charge on any atom is -0.372 e. The van der Waals surface area contributed by atoms with Crippen molar-refractivity contribution in [3.8, 4) is 11.1 Å². The molecule has 0 bridgehead atoms. The largest absolute Gasteiger partial charge is 0.372 e. The van der Waals surface area contributed by atoms with E-state index in [1.165, 1.54) is 32.8 Å². The molecule has 154 valence electrons. The normalized spacial score (nSPS) is 11.1. The average Bonchev–Trinajstić information content (AvgIpc) is 3.08. The Morgan fingerprint density at radius 3 is 2.33 bits per heavy atom. The molecular weight excluding hydrogens is 388 g/mol. The molecule has 0 spiro atoms. The highest BCUT2D eigenvalue weighted by atomic mass is 32.1. The van der Waals surface area contributed by atoms with Crippen LogP contribution in [0.2, 0.25) is 0 Å². The van der Waals surface area contributed by atoms with E-state index in [2.05, 4.69) is 97.3 Å². The molecule has 0 fully saturated rings. The fourth-order valence-corrected chi connectivity index (χ4v) is 4.92. The molecule has 5 heteroatoms. The van der Waals surface area contributed by atoms with Crippen LogP contribution >= 0.6 is 11.3 Å². The summed E-state index contributed by atoms with van der Waals surface area (Å²) in [5, 5.41) is 4.68. The van der Waals surface area contributed by atoms with E-state index in [1.54, 1.807) is 17.7 Å². The van der Waals surface area contributed by atoms with Gasteiger partial charge in [0, 0.05) is 34.9 Å². The summed E-state index contributed by atoms with van der Waals surface area (Å²) in [6.07, 6.45) is 1.65. The molecule has 2 aromatic carbocycles. The van der Waals surface area contributed by atoms with E-state index >= 15 is 0 Å². The van der Waals surface area contributed by atoms with Crippen LogP contribution < -0.4 is 10.2 Å². The second-order valence-electron chi connectivity index (χ2n) is 7.60. The standard InChI is InChI=1S/C25H28N4S/c1-6-29(7-2)20-12-13-21(17(4)14-20)28-24-23-22(19-10-8-16(3)9-11-19)18(5)30-25(23)27-15-26-24/h8-15H,6-7H2,1-5H3,(H,26,27,28). The monoisotopic (exact) mass is 416 g/mol. The molecule has 0 atom stereocenters. The van der Waals surface area contributed by atoms with Crippen LogP contribution in [0.5, 0.6) is 0 Å². The molecule has 0 unspecified atom stereocenters. The summed E-state index contributed by atoms with van der Waals surface area (Å²) < 4.78 is 0. The molecule has 0 saturated heterocycles. The van der Waals surface area contributed by atoms with E-state index < -0.39 is 0 Å². The van der Waals surface area contributed by atoms with E-state index in [4.69, 9.17) is 0 Å². The fourth-order valence-electron chi connectivity index (χ4n) is 3.91. The predicted molar refractivity (Wildman–Crippen MR) is 130 cm³/mol. The molecule has 4 rings (SSSR count). The van der Waals surface area contributed by atoms with Gasteiger partial charge < -0.3 is 10.2 Å². The summed E-state index contributed by atoms with van der Waals surface area (Å²) in [7, 11) is 0. The van der Waals surface area contributed by atoms with Gasteiger partial charge in [-0.3, -0.25) is 0 Å². The first-order valence-corrected chi connectivity index (χ1v) is 11.3. The lowest BCUT2D eigenvalue weighted by Gasteiger charge is -2.22. The van der Waals surface area contributed by atoms with Gasteiger partial charge in [0.15, 0.2) is 0 Å². The van der Waals surface area contributed by atoms with E-state index in [0.29, 0.717) is 0 Å². The van der Waals surface area contributed by atoms with E-state index in [9.17, 15) is 0 Å². The number of nitrogens with one attached hydrogen (secondary N) is 1. The van der Waals surface area contributed by atoms with Crippen LogP contribution in [-0.2, 0) is 0 Å². The quantitative estimate of drug-likeness (QED) is 0.372. The molecule has 0 aliphatic rings. The van der Waals surface area contributed by atoms with Crippen molar-refractivity contribution < 1.29 is 0 Å². The number of hydrogen-bond donors (Lipinski definition) is 1. The summed E-state index contributed by atoms with van der Waals surface area (Å²) in [6.45, 7) is 12.8. The molecule has 0 aliphatic heterocycles. The van der Waals surface area contributed by atoms with Gasteiger partial charge in [-0.2, -0.15) is 0 Å². The van der Waals surface area contributed by atoms with Crippen molar-refractivity contribution in [1.82, 2.24) is 9.97 Å². The second kappa shape index (κ2) is 8.44. The van der Waals surface area contributed by atoms with Crippen molar-refractivity contribution in [2.75, 3.05) is 23.3 Å². The number of benzene rings is 2. The molecule has 0 aliphatic carbocycles. The van der Waals surface area contributed by atoms with Gasteiger partial charge in [0.2, 0.25) is 0 Å². The molecule has 4 nitrogen and oxygen atoms in total. The molecular formula is C25H28N4S. The number of aryl methyl sites for hydroxylation is 3. The number of rotatable bonds is 6. The first-order valence-electron chi connectivity index (χ1n) is 10.5. The van der Waals surface area contributed by atoms with E-state index in [0.717, 1.165) is 34.8 Å². The van der Waals surface area contributed by atoms with Crippen LogP contribution in [0.15, 0.2) is 48.8 Å². The number of nitrogens with zero attached hydrogens (tertiary/aromatic N) is 3. The average molecular weight is 417 g/mol. The Balaban J connectivity index is 1.78. The van der Waals surface area contributed by atoms with Gasteiger partial charge >= 0.3 is 0 Å². The van der Waals surface area contributed by atoms with Gasteiger partial charge in [-0.25, -0.2) is 9.97 Å². The topological polar surface area (TPSA) is 41.0 Å². The summed E-state index contributed by atoms with van der Waals surface area (Å²) in [6, 6.07) is 15.3. The maximum atomic E-state index is 4.62. The van der Waals surface area contributed by atoms with Crippen LogP contribution in [-0.4, -0.2) is 23.1 Å². The SMILES string of the molecule is CCN(CC)c1ccc(Nc2ncnc3sc(C)c(-c4ccc(C)cc4)c23)c(C)c1. The number of hydrogen-bond acceptors (Lipinski definition) is 5. The first-order chi connectivity index (χ1) is 14.5. The number of thiophene rings is 1.